The van der Waals surface area contributed by atoms with Crippen LogP contribution in [0, 0.1) is 5.92 Å². The van der Waals surface area contributed by atoms with E-state index in [1.165, 1.54) is 62.2 Å². The molecule has 28 nitrogen and oxygen atoms in total. The van der Waals surface area contributed by atoms with Crippen LogP contribution in [0.4, 0.5) is 27.8 Å². The Kier molecular flexibility index (Phi) is 22.1. The third-order valence-electron chi connectivity index (χ3n) is 12.8. The van der Waals surface area contributed by atoms with Gasteiger partial charge in [0.2, 0.25) is 29.4 Å². The Morgan fingerprint density at radius 1 is 0.582 bits per heavy atom. The Morgan fingerprint density at radius 3 is 1.61 bits per heavy atom. The Morgan fingerprint density at radius 2 is 1.08 bits per heavy atom. The van der Waals surface area contributed by atoms with E-state index in [2.05, 4.69) is 51.7 Å². The molecule has 7 N–H and O–H groups in total. The van der Waals surface area contributed by atoms with Crippen molar-refractivity contribution in [2.45, 2.75) is 52.1 Å². The van der Waals surface area contributed by atoms with Gasteiger partial charge in [0, 0.05) is 131 Å². The number of rotatable bonds is 27. The fourth-order valence-corrected chi connectivity index (χ4v) is 8.69. The minimum Gasteiger partial charge on any atom is -0.477 e. The second-order valence-electron chi connectivity index (χ2n) is 20.3. The lowest BCUT2D eigenvalue weighted by Crippen LogP contribution is -2.50. The normalized spacial score (nSPS) is 14.4. The zero-order valence-electron chi connectivity index (χ0n) is 46.1. The van der Waals surface area contributed by atoms with Crippen LogP contribution in [0.3, 0.4) is 0 Å². The third-order valence-corrected chi connectivity index (χ3v) is 12.8. The minimum atomic E-state index is -1.16. The molecule has 0 bridgehead atoms. The summed E-state index contributed by atoms with van der Waals surface area (Å²) >= 11 is 0. The molecule has 79 heavy (non-hydrogen) atoms. The first kappa shape index (κ1) is 60.6. The maximum Gasteiger partial charge on any atom is 0.410 e. The summed E-state index contributed by atoms with van der Waals surface area (Å²) in [5.41, 5.74) is 0.209. The van der Waals surface area contributed by atoms with Gasteiger partial charge in [-0.2, -0.15) is 0 Å². The van der Waals surface area contributed by atoms with Gasteiger partial charge in [-0.1, -0.05) is 0 Å². The monoisotopic (exact) mass is 1110 g/mol. The summed E-state index contributed by atoms with van der Waals surface area (Å²) in [5, 5.41) is 25.0. The van der Waals surface area contributed by atoms with Gasteiger partial charge in [-0.05, 0) is 51.7 Å². The number of carboxylic acids is 1. The van der Waals surface area contributed by atoms with Gasteiger partial charge in [0.25, 0.3) is 17.7 Å². The summed E-state index contributed by atoms with van der Waals surface area (Å²) < 4.78 is 27.9. The average Bonchev–Trinajstić information content (AvgIpc) is 4.17. The predicted octanol–water partition coefficient (Wildman–Crippen LogP) is 1.55. The summed E-state index contributed by atoms with van der Waals surface area (Å²) in [6.45, 7) is 14.9. The summed E-state index contributed by atoms with van der Waals surface area (Å²) in [5.74, 6) is -3.55. The molecule has 2 aliphatic heterocycles. The lowest BCUT2D eigenvalue weighted by atomic mass is 9.96. The molecule has 6 heterocycles. The van der Waals surface area contributed by atoms with Crippen molar-refractivity contribution in [3.05, 3.63) is 60.0 Å². The van der Waals surface area contributed by atoms with Gasteiger partial charge in [-0.25, -0.2) is 19.6 Å². The Hall–Kier alpha value is -7.66. The largest absolute Gasteiger partial charge is 0.477 e. The first-order valence-corrected chi connectivity index (χ1v) is 26.2. The lowest BCUT2D eigenvalue weighted by molar-refractivity contribution is -0.126. The summed E-state index contributed by atoms with van der Waals surface area (Å²) in [6.07, 6.45) is 7.42. The quantitative estimate of drug-likeness (QED) is 0.0417. The summed E-state index contributed by atoms with van der Waals surface area (Å²) in [7, 11) is 6.25. The number of hydrogen-bond donors (Lipinski definition) is 7. The number of piperazine rings is 1. The van der Waals surface area contributed by atoms with Crippen molar-refractivity contribution in [2.75, 3.05) is 126 Å². The molecular formula is C51H75N15O13. The molecule has 4 aromatic heterocycles. The van der Waals surface area contributed by atoms with Gasteiger partial charge in [0.15, 0.2) is 11.6 Å². The number of piperidine rings is 1. The minimum absolute atomic E-state index is 0.0232. The van der Waals surface area contributed by atoms with E-state index in [0.29, 0.717) is 32.3 Å². The number of anilines is 4. The maximum atomic E-state index is 13.2. The first-order chi connectivity index (χ1) is 37.6. The van der Waals surface area contributed by atoms with Crippen LogP contribution in [0.25, 0.3) is 0 Å². The second kappa shape index (κ2) is 28.8. The molecule has 2 saturated heterocycles. The fourth-order valence-electron chi connectivity index (χ4n) is 8.69. The number of ether oxygens (including phenoxy) is 4. The van der Waals surface area contributed by atoms with Crippen LogP contribution in [0.2, 0.25) is 0 Å². The van der Waals surface area contributed by atoms with Gasteiger partial charge >= 0.3 is 12.1 Å². The molecule has 0 atom stereocenters. The molecular weight excluding hydrogens is 1030 g/mol. The zero-order valence-corrected chi connectivity index (χ0v) is 46.1. The van der Waals surface area contributed by atoms with E-state index in [-0.39, 0.29) is 91.3 Å². The fraction of sp³-hybridized carbons (Fsp3) is 0.569. The number of aromatic nitrogens is 6. The third kappa shape index (κ3) is 19.3. The number of hydrogen-bond acceptors (Lipinski definition) is 16. The van der Waals surface area contributed by atoms with Gasteiger partial charge in [-0.15, -0.1) is 0 Å². The van der Waals surface area contributed by atoms with Crippen LogP contribution in [-0.4, -0.2) is 206 Å². The molecule has 0 spiro atoms. The molecule has 4 aromatic rings. The van der Waals surface area contributed by atoms with Gasteiger partial charge in [0.05, 0.1) is 44.4 Å². The molecule has 0 aromatic carbocycles. The SMILES string of the molecule is Cn1cc(NC(=O)c2nc(NC(=O)CCNC(=O)c3cc(NC(=O)c4nc(NC(=O)CCNC(=O)COCCOCCOCCN5CCN(CC6CCN(C(=O)OC(C)(C)C)CC6)CC5)cn4C)cn3C)cn2C)cc1C(=O)O. The maximum absolute atomic E-state index is 13.2. The van der Waals surface area contributed by atoms with E-state index in [1.807, 2.05) is 25.7 Å². The number of likely N-dealkylation sites (tertiary alicyclic amines) is 1. The molecule has 2 fully saturated rings. The highest BCUT2D eigenvalue weighted by atomic mass is 16.6. The van der Waals surface area contributed by atoms with Crippen LogP contribution in [0.5, 0.6) is 0 Å². The number of aromatic carboxylic acids is 1. The van der Waals surface area contributed by atoms with Gasteiger partial charge < -0.3 is 84.0 Å². The van der Waals surface area contributed by atoms with E-state index >= 15 is 0 Å². The van der Waals surface area contributed by atoms with E-state index in [9.17, 15) is 43.5 Å². The number of carbonyl (C=O) groups excluding carboxylic acids is 7. The van der Waals surface area contributed by atoms with Crippen LogP contribution < -0.4 is 31.9 Å². The van der Waals surface area contributed by atoms with Gasteiger partial charge in [-0.3, -0.25) is 33.7 Å². The van der Waals surface area contributed by atoms with Crippen molar-refractivity contribution < 1.29 is 62.4 Å². The van der Waals surface area contributed by atoms with Crippen molar-refractivity contribution in [1.29, 1.82) is 0 Å². The highest BCUT2D eigenvalue weighted by molar-refractivity contribution is 6.04. The van der Waals surface area contributed by atoms with E-state index in [0.717, 1.165) is 65.2 Å². The van der Waals surface area contributed by atoms with Crippen LogP contribution in [0.15, 0.2) is 36.9 Å². The molecule has 6 rings (SSSR count). The lowest BCUT2D eigenvalue weighted by Gasteiger charge is -2.39. The average molecular weight is 1110 g/mol. The number of aryl methyl sites for hydroxylation is 4. The zero-order chi connectivity index (χ0) is 57.2. The Bertz CT molecular complexity index is 2760. The Balaban J connectivity index is 0.764. The molecule has 7 amide bonds. The Labute approximate surface area is 457 Å². The topological polar surface area (TPSA) is 321 Å². The standard InChI is InChI=1S/C51H75N15O13/c1-51(2,3)79-50(75)66-14-10-34(11-15-66)28-65-18-16-64(17-19-65)20-21-76-22-23-77-24-25-78-33-43(69)52-12-8-41(67)56-39-31-62(6)44(58-39)47(71)54-35-26-37(60(4)29-35)46(70)53-13-9-42(68)57-40-32-63(7)45(59-40)48(72)55-36-27-38(49(73)74)61(5)30-36/h26-27,29-32,34H,8-25,28,33H2,1-7H3,(H,52,69)(H,53,70)(H,54,71)(H,55,72)(H,56,67)(H,57,68)(H,73,74). The van der Waals surface area contributed by atoms with E-state index in [4.69, 9.17) is 18.9 Å². The van der Waals surface area contributed by atoms with Crippen LogP contribution in [-0.2, 0) is 61.5 Å². The van der Waals surface area contributed by atoms with Crippen molar-refractivity contribution in [3.63, 3.8) is 0 Å². The molecule has 432 valence electrons. The number of carboxylic acid groups (broad SMARTS) is 1. The highest BCUT2D eigenvalue weighted by Gasteiger charge is 2.29. The van der Waals surface area contributed by atoms with E-state index < -0.39 is 47.0 Å². The first-order valence-electron chi connectivity index (χ1n) is 26.2. The number of carbonyl (C=O) groups is 8. The molecule has 0 radical (unpaired) electrons. The van der Waals surface area contributed by atoms with Crippen molar-refractivity contribution in [3.8, 4) is 0 Å². The van der Waals surface area contributed by atoms with Crippen molar-refractivity contribution in [1.82, 2.24) is 53.6 Å². The number of imidazole rings is 2. The summed E-state index contributed by atoms with van der Waals surface area (Å²) in [6, 6.07) is 2.74. The summed E-state index contributed by atoms with van der Waals surface area (Å²) in [4.78, 5) is 115. The number of nitrogens with zero attached hydrogens (tertiary/aromatic N) is 9. The molecule has 0 unspecified atom stereocenters. The van der Waals surface area contributed by atoms with Gasteiger partial charge in [0.1, 0.15) is 23.6 Å². The smallest absolute Gasteiger partial charge is 0.410 e. The van der Waals surface area contributed by atoms with Crippen LogP contribution >= 0.6 is 0 Å². The molecule has 0 aliphatic carbocycles. The molecule has 2 aliphatic rings. The predicted molar refractivity (Wildman–Crippen MR) is 288 cm³/mol. The molecule has 28 heteroatoms. The second-order valence-corrected chi connectivity index (χ2v) is 20.3. The van der Waals surface area contributed by atoms with Crippen molar-refractivity contribution in [2.24, 2.45) is 34.1 Å². The van der Waals surface area contributed by atoms with Crippen LogP contribution in [0.1, 0.15) is 88.7 Å². The highest BCUT2D eigenvalue weighted by Crippen LogP contribution is 2.22. The number of nitrogens with one attached hydrogen (secondary N) is 6. The van der Waals surface area contributed by atoms with E-state index in [1.54, 1.807) is 21.1 Å². The number of amides is 7. The van der Waals surface area contributed by atoms with Crippen molar-refractivity contribution >= 4 is 70.5 Å². The molecule has 0 saturated carbocycles.